The van der Waals surface area contributed by atoms with Gasteiger partial charge in [0, 0.05) is 22.5 Å². The van der Waals surface area contributed by atoms with Crippen LogP contribution in [0.1, 0.15) is 29.8 Å². The molecule has 0 unspecified atom stereocenters. The van der Waals surface area contributed by atoms with E-state index in [4.69, 9.17) is 18.9 Å². The average molecular weight is 540 g/mol. The first-order valence-electron chi connectivity index (χ1n) is 11.0. The number of carbonyl (C=O) groups excluding carboxylic acids is 1. The first-order valence-corrected chi connectivity index (χ1v) is 11.8. The summed E-state index contributed by atoms with van der Waals surface area (Å²) in [5.74, 6) is 1.80. The molecule has 0 saturated heterocycles. The third-order valence-corrected chi connectivity index (χ3v) is 6.48. The smallest absolute Gasteiger partial charge is 0.263 e. The second-order valence-electron chi connectivity index (χ2n) is 7.63. The predicted octanol–water partition coefficient (Wildman–Crippen LogP) is 6.89. The monoisotopic (exact) mass is 539 g/mol. The fourth-order valence-corrected chi connectivity index (χ4v) is 4.66. The lowest BCUT2D eigenvalue weighted by molar-refractivity contribution is 0.0989. The number of benzene rings is 3. The van der Waals surface area contributed by atoms with Crippen LogP contribution in [0.4, 0.5) is 5.69 Å². The molecule has 0 saturated carbocycles. The van der Waals surface area contributed by atoms with Gasteiger partial charge in [0.25, 0.3) is 5.91 Å². The fourth-order valence-electron chi connectivity index (χ4n) is 4.18. The maximum absolute atomic E-state index is 13.8. The number of methoxy groups -OCH3 is 4. The van der Waals surface area contributed by atoms with E-state index in [1.807, 2.05) is 56.3 Å². The minimum absolute atomic E-state index is 0.254. The summed E-state index contributed by atoms with van der Waals surface area (Å²) >= 11 is 3.51. The number of nitrogens with zero attached hydrogens (tertiary/aromatic N) is 1. The minimum Gasteiger partial charge on any atom is -0.493 e. The van der Waals surface area contributed by atoms with Crippen molar-refractivity contribution in [2.24, 2.45) is 0 Å². The molecular formula is C28H30BrNO5. The molecule has 0 heterocycles. The van der Waals surface area contributed by atoms with Gasteiger partial charge in [-0.05, 0) is 65.0 Å². The van der Waals surface area contributed by atoms with E-state index in [9.17, 15) is 4.79 Å². The van der Waals surface area contributed by atoms with Crippen LogP contribution in [0.25, 0.3) is 16.3 Å². The number of anilines is 1. The number of hydrogen-bond acceptors (Lipinski definition) is 5. The summed E-state index contributed by atoms with van der Waals surface area (Å²) in [6, 6.07) is 11.3. The number of halogens is 1. The quantitative estimate of drug-likeness (QED) is 0.291. The van der Waals surface area contributed by atoms with E-state index >= 15 is 0 Å². The molecule has 3 rings (SSSR count). The van der Waals surface area contributed by atoms with Gasteiger partial charge in [0.1, 0.15) is 0 Å². The molecule has 0 N–H and O–H groups in total. The Hall–Kier alpha value is -3.45. The molecule has 0 spiro atoms. The van der Waals surface area contributed by atoms with E-state index in [1.165, 1.54) is 7.11 Å². The molecule has 0 atom stereocenters. The Kier molecular flexibility index (Phi) is 8.46. The van der Waals surface area contributed by atoms with Gasteiger partial charge in [-0.25, -0.2) is 0 Å². The summed E-state index contributed by atoms with van der Waals surface area (Å²) in [5.41, 5.74) is 2.96. The Morgan fingerprint density at radius 1 is 0.857 bits per heavy atom. The normalized spacial score (nSPS) is 11.6. The number of ether oxygens (including phenoxy) is 4. The lowest BCUT2D eigenvalue weighted by atomic mass is 9.94. The molecule has 6 nitrogen and oxygen atoms in total. The molecule has 1 amide bonds. The molecule has 184 valence electrons. The largest absolute Gasteiger partial charge is 0.493 e. The van der Waals surface area contributed by atoms with Gasteiger partial charge in [-0.15, -0.1) is 0 Å². The first-order chi connectivity index (χ1) is 16.9. The van der Waals surface area contributed by atoms with Crippen molar-refractivity contribution in [3.8, 4) is 23.0 Å². The highest BCUT2D eigenvalue weighted by molar-refractivity contribution is 9.10. The fraction of sp³-hybridized carbons (Fsp3) is 0.250. The van der Waals surface area contributed by atoms with Crippen LogP contribution in [0.15, 0.2) is 59.1 Å². The average Bonchev–Trinajstić information content (AvgIpc) is 2.89. The van der Waals surface area contributed by atoms with Gasteiger partial charge in [0.2, 0.25) is 0 Å². The summed E-state index contributed by atoms with van der Waals surface area (Å²) in [7, 11) is 8.03. The summed E-state index contributed by atoms with van der Waals surface area (Å²) in [6.45, 7) is 3.95. The van der Waals surface area contributed by atoms with Crippen molar-refractivity contribution in [1.82, 2.24) is 0 Å². The van der Waals surface area contributed by atoms with Gasteiger partial charge in [-0.2, -0.15) is 0 Å². The zero-order chi connectivity index (χ0) is 25.7. The molecule has 0 fully saturated rings. The van der Waals surface area contributed by atoms with E-state index in [1.54, 1.807) is 45.4 Å². The summed E-state index contributed by atoms with van der Waals surface area (Å²) in [4.78, 5) is 15.4. The molecule has 3 aromatic rings. The summed E-state index contributed by atoms with van der Waals surface area (Å²) in [5, 5.41) is 1.78. The van der Waals surface area contributed by atoms with Crippen molar-refractivity contribution in [3.05, 3.63) is 70.2 Å². The van der Waals surface area contributed by atoms with Crippen molar-refractivity contribution in [3.63, 3.8) is 0 Å². The number of rotatable bonds is 8. The Balaban J connectivity index is 2.31. The van der Waals surface area contributed by atoms with Gasteiger partial charge in [-0.3, -0.25) is 4.79 Å². The number of fused-ring (bicyclic) bond motifs is 1. The molecule has 35 heavy (non-hydrogen) atoms. The van der Waals surface area contributed by atoms with Gasteiger partial charge < -0.3 is 23.8 Å². The number of allylic oxidation sites excluding steroid dienone is 4. The molecule has 0 radical (unpaired) electrons. The van der Waals surface area contributed by atoms with Gasteiger partial charge in [0.05, 0.1) is 39.7 Å². The first kappa shape index (κ1) is 26.2. The van der Waals surface area contributed by atoms with Crippen LogP contribution in [0, 0.1) is 0 Å². The number of amides is 1. The van der Waals surface area contributed by atoms with Crippen LogP contribution in [-0.4, -0.2) is 41.4 Å². The van der Waals surface area contributed by atoms with Crippen molar-refractivity contribution in [2.45, 2.75) is 13.8 Å². The van der Waals surface area contributed by atoms with Crippen LogP contribution in [0.2, 0.25) is 0 Å². The van der Waals surface area contributed by atoms with Gasteiger partial charge >= 0.3 is 0 Å². The van der Waals surface area contributed by atoms with Crippen molar-refractivity contribution < 1.29 is 23.7 Å². The molecule has 3 aromatic carbocycles. The molecule has 0 aliphatic carbocycles. The minimum atomic E-state index is -0.254. The van der Waals surface area contributed by atoms with E-state index in [0.29, 0.717) is 38.7 Å². The maximum atomic E-state index is 13.8. The molecule has 0 aliphatic heterocycles. The molecule has 0 aliphatic rings. The van der Waals surface area contributed by atoms with Crippen LogP contribution in [0.3, 0.4) is 0 Å². The van der Waals surface area contributed by atoms with Crippen LogP contribution in [0.5, 0.6) is 23.0 Å². The third kappa shape index (κ3) is 4.73. The van der Waals surface area contributed by atoms with Crippen molar-refractivity contribution >= 4 is 43.9 Å². The Morgan fingerprint density at radius 3 is 2.09 bits per heavy atom. The van der Waals surface area contributed by atoms with Crippen molar-refractivity contribution in [1.29, 1.82) is 0 Å². The summed E-state index contributed by atoms with van der Waals surface area (Å²) in [6.07, 6.45) is 6.03. The SMILES string of the molecule is C/C=C\C(=C/C)c1c(OC)c(OC)cc2c(N(C)C(=O)c3c(Br)ccc(OC)c3OC)cccc12. The van der Waals surface area contributed by atoms with Crippen LogP contribution >= 0.6 is 15.9 Å². The molecular weight excluding hydrogens is 510 g/mol. The Morgan fingerprint density at radius 2 is 1.51 bits per heavy atom. The van der Waals surface area contributed by atoms with Crippen LogP contribution < -0.4 is 23.8 Å². The predicted molar refractivity (Wildman–Crippen MR) is 145 cm³/mol. The second kappa shape index (κ2) is 11.3. The second-order valence-corrected chi connectivity index (χ2v) is 8.48. The van der Waals surface area contributed by atoms with Crippen molar-refractivity contribution in [2.75, 3.05) is 40.4 Å². The number of carbonyl (C=O) groups is 1. The molecule has 0 aromatic heterocycles. The number of hydrogen-bond donors (Lipinski definition) is 0. The lowest BCUT2D eigenvalue weighted by Crippen LogP contribution is -2.27. The molecule has 0 bridgehead atoms. The Bertz CT molecular complexity index is 1310. The highest BCUT2D eigenvalue weighted by atomic mass is 79.9. The zero-order valence-corrected chi connectivity index (χ0v) is 22.6. The standard InChI is InChI=1S/C28H30BrNO5/c1-8-11-17(9-2)24-18-12-10-13-21(19(18)16-23(33-5)27(24)35-7)30(3)28(31)25-20(29)14-15-22(32-4)26(25)34-6/h8-16H,1-7H3/b11-8-,17-9+. The van der Waals surface area contributed by atoms with Gasteiger partial charge in [-0.1, -0.05) is 30.4 Å². The van der Waals surface area contributed by atoms with Gasteiger partial charge in [0.15, 0.2) is 23.0 Å². The van der Waals surface area contributed by atoms with E-state index in [2.05, 4.69) is 15.9 Å². The maximum Gasteiger partial charge on any atom is 0.263 e. The van der Waals surface area contributed by atoms with E-state index < -0.39 is 0 Å². The van der Waals surface area contributed by atoms with Crippen LogP contribution in [-0.2, 0) is 0 Å². The zero-order valence-electron chi connectivity index (χ0n) is 21.1. The van der Waals surface area contributed by atoms with E-state index in [0.717, 1.165) is 21.9 Å². The Labute approximate surface area is 214 Å². The lowest BCUT2D eigenvalue weighted by Gasteiger charge is -2.24. The highest BCUT2D eigenvalue weighted by Gasteiger charge is 2.26. The van der Waals surface area contributed by atoms with E-state index in [-0.39, 0.29) is 5.91 Å². The molecule has 7 heteroatoms. The highest BCUT2D eigenvalue weighted by Crippen LogP contribution is 2.45. The third-order valence-electron chi connectivity index (χ3n) is 5.82. The summed E-state index contributed by atoms with van der Waals surface area (Å²) < 4.78 is 23.0. The topological polar surface area (TPSA) is 57.2 Å².